The monoisotopic (exact) mass is 278 g/mol. The van der Waals surface area contributed by atoms with Crippen molar-refractivity contribution in [1.82, 2.24) is 14.6 Å². The molecular weight excluding hydrogens is 260 g/mol. The molecule has 4 nitrogen and oxygen atoms in total. The number of fused-ring (bicyclic) bond motifs is 1. The summed E-state index contributed by atoms with van der Waals surface area (Å²) in [6.45, 7) is 4.56. The van der Waals surface area contributed by atoms with Crippen LogP contribution >= 0.6 is 11.6 Å². The molecule has 19 heavy (non-hydrogen) atoms. The van der Waals surface area contributed by atoms with Crippen LogP contribution in [0.15, 0.2) is 18.5 Å². The van der Waals surface area contributed by atoms with Gasteiger partial charge in [0.2, 0.25) is 0 Å². The Morgan fingerprint density at radius 2 is 2.05 bits per heavy atom. The number of hydrogen-bond acceptors (Lipinski definition) is 3. The Kier molecular flexibility index (Phi) is 3.35. The third-order valence-corrected chi connectivity index (χ3v) is 4.24. The van der Waals surface area contributed by atoms with E-state index in [-0.39, 0.29) is 0 Å². The molecule has 3 heterocycles. The van der Waals surface area contributed by atoms with E-state index >= 15 is 0 Å². The number of pyridine rings is 1. The highest BCUT2D eigenvalue weighted by atomic mass is 35.5. The summed E-state index contributed by atoms with van der Waals surface area (Å²) < 4.78 is 2.21. The fraction of sp³-hybridized carbons (Fsp3) is 0.571. The summed E-state index contributed by atoms with van der Waals surface area (Å²) in [5.41, 5.74) is 2.02. The molecule has 2 atom stereocenters. The first-order valence-electron chi connectivity index (χ1n) is 6.88. The van der Waals surface area contributed by atoms with Gasteiger partial charge in [0.25, 0.3) is 0 Å². The maximum absolute atomic E-state index is 6.09. The van der Waals surface area contributed by atoms with E-state index in [1.54, 1.807) is 6.20 Å². The lowest BCUT2D eigenvalue weighted by molar-refractivity contribution is 0.337. The minimum atomic E-state index is 0.421. The van der Waals surface area contributed by atoms with Crippen molar-refractivity contribution < 1.29 is 0 Å². The fourth-order valence-corrected chi connectivity index (χ4v) is 3.29. The van der Waals surface area contributed by atoms with Crippen LogP contribution in [0.5, 0.6) is 0 Å². The van der Waals surface area contributed by atoms with E-state index in [1.807, 2.05) is 12.3 Å². The Morgan fingerprint density at radius 1 is 1.32 bits per heavy atom. The average molecular weight is 279 g/mol. The molecule has 3 rings (SSSR count). The Balaban J connectivity index is 2.16. The molecule has 1 saturated heterocycles. The molecule has 0 aliphatic carbocycles. The summed E-state index contributed by atoms with van der Waals surface area (Å²) in [6, 6.07) is 3.04. The van der Waals surface area contributed by atoms with Crippen molar-refractivity contribution >= 4 is 22.6 Å². The Morgan fingerprint density at radius 3 is 2.74 bits per heavy atom. The molecule has 0 bridgehead atoms. The molecule has 1 aliphatic heterocycles. The summed E-state index contributed by atoms with van der Waals surface area (Å²) in [6.07, 6.45) is 7.36. The maximum Gasteiger partial charge on any atom is 0.143 e. The number of nitrogens with zero attached hydrogens (tertiary/aromatic N) is 4. The van der Waals surface area contributed by atoms with E-state index in [9.17, 15) is 0 Å². The molecule has 0 spiro atoms. The molecule has 2 aromatic heterocycles. The lowest BCUT2D eigenvalue weighted by Crippen LogP contribution is -2.51. The predicted molar refractivity (Wildman–Crippen MR) is 78.1 cm³/mol. The minimum Gasteiger partial charge on any atom is -0.305 e. The van der Waals surface area contributed by atoms with Crippen molar-refractivity contribution in [2.24, 2.45) is 0 Å². The molecule has 0 N–H and O–H groups in total. The highest BCUT2D eigenvalue weighted by Gasteiger charge is 2.28. The van der Waals surface area contributed by atoms with Crippen LogP contribution in [0.25, 0.3) is 11.0 Å². The first kappa shape index (κ1) is 12.7. The lowest BCUT2D eigenvalue weighted by Gasteiger charge is -2.42. The van der Waals surface area contributed by atoms with E-state index in [4.69, 9.17) is 11.6 Å². The molecule has 0 saturated carbocycles. The molecule has 2 unspecified atom stereocenters. The zero-order valence-corrected chi connectivity index (χ0v) is 12.1. The fourth-order valence-electron chi connectivity index (χ4n) is 3.12. The van der Waals surface area contributed by atoms with E-state index in [0.717, 1.165) is 16.9 Å². The third-order valence-electron chi connectivity index (χ3n) is 4.00. The summed E-state index contributed by atoms with van der Waals surface area (Å²) >= 11 is 6.09. The van der Waals surface area contributed by atoms with Crippen LogP contribution in [0.2, 0.25) is 0 Å². The summed E-state index contributed by atoms with van der Waals surface area (Å²) in [7, 11) is 0. The largest absolute Gasteiger partial charge is 0.305 e. The first-order valence-corrected chi connectivity index (χ1v) is 7.41. The second-order valence-corrected chi connectivity index (χ2v) is 5.61. The zero-order chi connectivity index (χ0) is 13.4. The molecule has 0 radical (unpaired) electrons. The Bertz CT molecular complexity index is 570. The summed E-state index contributed by atoms with van der Waals surface area (Å²) in [5, 5.41) is 2.43. The molecule has 1 aliphatic rings. The van der Waals surface area contributed by atoms with Crippen LogP contribution in [-0.2, 0) is 5.88 Å². The van der Waals surface area contributed by atoms with Crippen molar-refractivity contribution in [3.8, 4) is 0 Å². The van der Waals surface area contributed by atoms with Gasteiger partial charge >= 0.3 is 0 Å². The van der Waals surface area contributed by atoms with Crippen molar-refractivity contribution in [3.05, 3.63) is 24.3 Å². The normalized spacial score (nSPS) is 24.1. The molecule has 5 heteroatoms. The molecule has 0 amide bonds. The smallest absolute Gasteiger partial charge is 0.143 e. The first-order chi connectivity index (χ1) is 9.22. The van der Waals surface area contributed by atoms with Gasteiger partial charge in [0.05, 0.1) is 17.6 Å². The summed E-state index contributed by atoms with van der Waals surface area (Å²) in [5.74, 6) is 1.33. The standard InChI is InChI=1S/C14H19ClN4/c1-10-4-3-5-11(2)18(10)19-13-6-7-16-9-12(13)17-14(19)8-15/h6-7,9-11H,3-5,8H2,1-2H3. The molecular formula is C14H19ClN4. The molecule has 0 aromatic carbocycles. The van der Waals surface area contributed by atoms with Gasteiger partial charge in [-0.1, -0.05) is 0 Å². The highest BCUT2D eigenvalue weighted by molar-refractivity contribution is 6.16. The topological polar surface area (TPSA) is 34.0 Å². The number of rotatable bonds is 2. The molecule has 2 aromatic rings. The van der Waals surface area contributed by atoms with Gasteiger partial charge in [-0.25, -0.2) is 9.66 Å². The second kappa shape index (κ2) is 5.00. The van der Waals surface area contributed by atoms with Crippen molar-refractivity contribution in [3.63, 3.8) is 0 Å². The van der Waals surface area contributed by atoms with E-state index in [2.05, 4.69) is 33.5 Å². The lowest BCUT2D eigenvalue weighted by atomic mass is 10.00. The quantitative estimate of drug-likeness (QED) is 0.792. The third kappa shape index (κ3) is 2.08. The van der Waals surface area contributed by atoms with Crippen LogP contribution in [0.1, 0.15) is 38.9 Å². The van der Waals surface area contributed by atoms with Gasteiger partial charge in [-0.2, -0.15) is 0 Å². The van der Waals surface area contributed by atoms with Crippen molar-refractivity contribution in [1.29, 1.82) is 0 Å². The van der Waals surface area contributed by atoms with E-state index < -0.39 is 0 Å². The van der Waals surface area contributed by atoms with Gasteiger partial charge in [-0.3, -0.25) is 4.98 Å². The van der Waals surface area contributed by atoms with E-state index in [0.29, 0.717) is 18.0 Å². The van der Waals surface area contributed by atoms with Gasteiger partial charge < -0.3 is 5.01 Å². The zero-order valence-electron chi connectivity index (χ0n) is 11.4. The molecule has 1 fully saturated rings. The van der Waals surface area contributed by atoms with Gasteiger partial charge in [-0.15, -0.1) is 11.6 Å². The Hall–Kier alpha value is -1.29. The number of imidazole rings is 1. The van der Waals surface area contributed by atoms with E-state index in [1.165, 1.54) is 19.3 Å². The van der Waals surface area contributed by atoms with Crippen LogP contribution in [0, 0.1) is 0 Å². The number of alkyl halides is 1. The Labute approximate surface area is 118 Å². The summed E-state index contributed by atoms with van der Waals surface area (Å²) in [4.78, 5) is 8.75. The van der Waals surface area contributed by atoms with Gasteiger partial charge in [-0.05, 0) is 39.2 Å². The highest BCUT2D eigenvalue weighted by Crippen LogP contribution is 2.26. The van der Waals surface area contributed by atoms with Crippen molar-refractivity contribution in [2.45, 2.75) is 51.1 Å². The van der Waals surface area contributed by atoms with Crippen LogP contribution < -0.4 is 5.01 Å². The number of hydrogen-bond donors (Lipinski definition) is 0. The van der Waals surface area contributed by atoms with Gasteiger partial charge in [0.1, 0.15) is 11.3 Å². The van der Waals surface area contributed by atoms with Crippen molar-refractivity contribution in [2.75, 3.05) is 5.01 Å². The average Bonchev–Trinajstić information content (AvgIpc) is 2.77. The van der Waals surface area contributed by atoms with Gasteiger partial charge in [0, 0.05) is 18.3 Å². The molecule has 102 valence electrons. The number of halogens is 1. The maximum atomic E-state index is 6.09. The van der Waals surface area contributed by atoms with Crippen LogP contribution in [-0.4, -0.2) is 26.7 Å². The predicted octanol–water partition coefficient (Wildman–Crippen LogP) is 3.07. The van der Waals surface area contributed by atoms with Crippen LogP contribution in [0.4, 0.5) is 0 Å². The SMILES string of the molecule is CC1CCCC(C)N1n1c(CCl)nc2cnccc21. The van der Waals surface area contributed by atoms with Crippen LogP contribution in [0.3, 0.4) is 0 Å². The number of piperidine rings is 1. The minimum absolute atomic E-state index is 0.421. The number of aromatic nitrogens is 3. The van der Waals surface area contributed by atoms with Gasteiger partial charge in [0.15, 0.2) is 0 Å². The second-order valence-electron chi connectivity index (χ2n) is 5.35.